The molecule has 0 spiro atoms. The summed E-state index contributed by atoms with van der Waals surface area (Å²) in [5, 5.41) is 33.8. The molecular weight excluding hydrogens is 304 g/mol. The highest BCUT2D eigenvalue weighted by molar-refractivity contribution is 5.85. The molecule has 1 aromatic carbocycles. The molecule has 1 aromatic heterocycles. The molecule has 0 aliphatic heterocycles. The first-order chi connectivity index (χ1) is 10.8. The number of aromatic nitrogens is 1. The van der Waals surface area contributed by atoms with E-state index in [1.807, 2.05) is 0 Å². The standard InChI is InChI=1S/C11H14N2.C4H6O6/c1-8-3-2-4-10-9(5-6-12)7-13-11(8)10;5-1(3(7)8)2(6)4(9)10/h2-4,7,13H,5-6,12H2,1H3;1-2,5-6H,(H,7,8)(H,9,10). The number of para-hydroxylation sites is 1. The Labute approximate surface area is 132 Å². The van der Waals surface area contributed by atoms with Gasteiger partial charge in [-0.1, -0.05) is 18.2 Å². The number of rotatable bonds is 5. The summed E-state index contributed by atoms with van der Waals surface area (Å²) in [4.78, 5) is 22.8. The topological polar surface area (TPSA) is 157 Å². The molecule has 23 heavy (non-hydrogen) atoms. The number of aliphatic hydroxyl groups excluding tert-OH is 2. The monoisotopic (exact) mass is 324 g/mol. The van der Waals surface area contributed by atoms with Gasteiger partial charge in [-0.2, -0.15) is 0 Å². The predicted molar refractivity (Wildman–Crippen MR) is 83.1 cm³/mol. The molecule has 0 radical (unpaired) electrons. The number of aromatic amines is 1. The van der Waals surface area contributed by atoms with Crippen LogP contribution in [0.3, 0.4) is 0 Å². The first kappa shape index (κ1) is 18.6. The number of carbonyl (C=O) groups is 2. The summed E-state index contributed by atoms with van der Waals surface area (Å²) in [7, 11) is 0. The maximum Gasteiger partial charge on any atom is 0.335 e. The molecule has 0 fully saturated rings. The Kier molecular flexibility index (Phi) is 6.70. The number of aliphatic hydroxyl groups is 2. The number of hydrogen-bond donors (Lipinski definition) is 6. The largest absolute Gasteiger partial charge is 0.479 e. The summed E-state index contributed by atoms with van der Waals surface area (Å²) in [5.74, 6) is -3.54. The Balaban J connectivity index is 0.000000241. The smallest absolute Gasteiger partial charge is 0.335 e. The van der Waals surface area contributed by atoms with E-state index in [0.717, 1.165) is 6.42 Å². The summed E-state index contributed by atoms with van der Waals surface area (Å²) < 4.78 is 0. The van der Waals surface area contributed by atoms with Gasteiger partial charge in [0.15, 0.2) is 12.2 Å². The Hall–Kier alpha value is -2.42. The second-order valence-electron chi connectivity index (χ2n) is 4.92. The third-order valence-electron chi connectivity index (χ3n) is 3.23. The van der Waals surface area contributed by atoms with Crippen molar-refractivity contribution in [2.45, 2.75) is 25.6 Å². The molecular formula is C15H20N2O6. The summed E-state index contributed by atoms with van der Waals surface area (Å²) in [6.45, 7) is 2.83. The Morgan fingerprint density at radius 1 is 1.17 bits per heavy atom. The van der Waals surface area contributed by atoms with E-state index in [0.29, 0.717) is 6.54 Å². The van der Waals surface area contributed by atoms with Crippen LogP contribution in [-0.4, -0.2) is 56.1 Å². The molecule has 8 nitrogen and oxygen atoms in total. The van der Waals surface area contributed by atoms with Gasteiger partial charge < -0.3 is 31.1 Å². The number of aliphatic carboxylic acids is 2. The van der Waals surface area contributed by atoms with Gasteiger partial charge in [0.25, 0.3) is 0 Å². The number of aryl methyl sites for hydroxylation is 1. The van der Waals surface area contributed by atoms with Gasteiger partial charge in [-0.05, 0) is 31.0 Å². The number of benzene rings is 1. The Morgan fingerprint density at radius 3 is 2.22 bits per heavy atom. The van der Waals surface area contributed by atoms with Crippen molar-refractivity contribution in [2.24, 2.45) is 5.73 Å². The van der Waals surface area contributed by atoms with Crippen LogP contribution in [0.25, 0.3) is 10.9 Å². The van der Waals surface area contributed by atoms with Crippen LogP contribution in [0.4, 0.5) is 0 Å². The lowest BCUT2D eigenvalue weighted by molar-refractivity contribution is -0.165. The molecule has 8 heteroatoms. The van der Waals surface area contributed by atoms with E-state index < -0.39 is 24.1 Å². The van der Waals surface area contributed by atoms with Crippen molar-refractivity contribution in [1.29, 1.82) is 0 Å². The van der Waals surface area contributed by atoms with Gasteiger partial charge >= 0.3 is 11.9 Å². The predicted octanol–water partition coefficient (Wildman–Crippen LogP) is -0.145. The molecule has 0 aliphatic carbocycles. The third-order valence-corrected chi connectivity index (χ3v) is 3.23. The van der Waals surface area contributed by atoms with E-state index in [9.17, 15) is 9.59 Å². The minimum Gasteiger partial charge on any atom is -0.479 e. The van der Waals surface area contributed by atoms with Crippen LogP contribution in [0, 0.1) is 6.92 Å². The average Bonchev–Trinajstić information content (AvgIpc) is 2.91. The summed E-state index contributed by atoms with van der Waals surface area (Å²) in [5.41, 5.74) is 9.39. The highest BCUT2D eigenvalue weighted by Crippen LogP contribution is 2.20. The molecule has 0 saturated carbocycles. The van der Waals surface area contributed by atoms with Crippen LogP contribution in [0.15, 0.2) is 24.4 Å². The van der Waals surface area contributed by atoms with Crippen LogP contribution >= 0.6 is 0 Å². The van der Waals surface area contributed by atoms with E-state index >= 15 is 0 Å². The molecule has 0 amide bonds. The maximum atomic E-state index is 9.77. The quantitative estimate of drug-likeness (QED) is 0.446. The number of carboxylic acids is 2. The second-order valence-corrected chi connectivity index (χ2v) is 4.92. The van der Waals surface area contributed by atoms with Crippen LogP contribution < -0.4 is 5.73 Å². The van der Waals surface area contributed by atoms with E-state index in [1.54, 1.807) is 0 Å². The van der Waals surface area contributed by atoms with E-state index in [4.69, 9.17) is 26.2 Å². The Morgan fingerprint density at radius 2 is 1.74 bits per heavy atom. The van der Waals surface area contributed by atoms with Gasteiger partial charge in [0.2, 0.25) is 0 Å². The maximum absolute atomic E-state index is 9.77. The lowest BCUT2D eigenvalue weighted by Crippen LogP contribution is -2.39. The van der Waals surface area contributed by atoms with Gasteiger partial charge in [0.1, 0.15) is 0 Å². The molecule has 2 unspecified atom stereocenters. The zero-order chi connectivity index (χ0) is 17.6. The van der Waals surface area contributed by atoms with Crippen molar-refractivity contribution in [2.75, 3.05) is 6.54 Å². The zero-order valence-corrected chi connectivity index (χ0v) is 12.6. The minimum absolute atomic E-state index is 0.709. The fourth-order valence-electron chi connectivity index (χ4n) is 2.00. The van der Waals surface area contributed by atoms with E-state index in [2.05, 4.69) is 36.3 Å². The number of H-pyrrole nitrogens is 1. The van der Waals surface area contributed by atoms with Gasteiger partial charge in [-0.25, -0.2) is 9.59 Å². The second kappa shape index (κ2) is 8.28. The molecule has 7 N–H and O–H groups in total. The van der Waals surface area contributed by atoms with Gasteiger partial charge in [-0.3, -0.25) is 0 Å². The van der Waals surface area contributed by atoms with Crippen molar-refractivity contribution in [3.8, 4) is 0 Å². The van der Waals surface area contributed by atoms with Crippen molar-refractivity contribution in [1.82, 2.24) is 4.98 Å². The van der Waals surface area contributed by atoms with Crippen LogP contribution in [-0.2, 0) is 16.0 Å². The number of carboxylic acid groups (broad SMARTS) is 2. The zero-order valence-electron chi connectivity index (χ0n) is 12.6. The van der Waals surface area contributed by atoms with Crippen LogP contribution in [0.5, 0.6) is 0 Å². The Bertz CT molecular complexity index is 664. The fourth-order valence-corrected chi connectivity index (χ4v) is 2.00. The van der Waals surface area contributed by atoms with Crippen molar-refractivity contribution < 1.29 is 30.0 Å². The SMILES string of the molecule is Cc1cccc2c(CCN)c[nH]c12.O=C(O)C(O)C(O)C(=O)O. The van der Waals surface area contributed by atoms with Crippen molar-refractivity contribution >= 4 is 22.8 Å². The highest BCUT2D eigenvalue weighted by Gasteiger charge is 2.29. The lowest BCUT2D eigenvalue weighted by atomic mass is 10.1. The molecule has 0 aliphatic rings. The molecule has 2 aromatic rings. The third kappa shape index (κ3) is 4.78. The molecule has 0 bridgehead atoms. The summed E-state index contributed by atoms with van der Waals surface area (Å²) >= 11 is 0. The van der Waals surface area contributed by atoms with Gasteiger partial charge in [0, 0.05) is 17.1 Å². The van der Waals surface area contributed by atoms with Gasteiger partial charge in [0.05, 0.1) is 0 Å². The molecule has 2 rings (SSSR count). The average molecular weight is 324 g/mol. The normalized spacial score (nSPS) is 13.0. The number of hydrogen-bond acceptors (Lipinski definition) is 5. The van der Waals surface area contributed by atoms with Crippen molar-refractivity contribution in [3.63, 3.8) is 0 Å². The summed E-state index contributed by atoms with van der Waals surface area (Å²) in [6, 6.07) is 6.35. The number of nitrogens with two attached hydrogens (primary N) is 1. The van der Waals surface area contributed by atoms with Crippen molar-refractivity contribution in [3.05, 3.63) is 35.5 Å². The van der Waals surface area contributed by atoms with Crippen LogP contribution in [0.1, 0.15) is 11.1 Å². The molecule has 2 atom stereocenters. The van der Waals surface area contributed by atoms with E-state index in [-0.39, 0.29) is 0 Å². The van der Waals surface area contributed by atoms with Crippen LogP contribution in [0.2, 0.25) is 0 Å². The minimum atomic E-state index is -2.27. The first-order valence-electron chi connectivity index (χ1n) is 6.87. The number of nitrogens with one attached hydrogen (secondary N) is 1. The highest BCUT2D eigenvalue weighted by atomic mass is 16.4. The lowest BCUT2D eigenvalue weighted by Gasteiger charge is -2.07. The fraction of sp³-hybridized carbons (Fsp3) is 0.333. The molecule has 1 heterocycles. The molecule has 0 saturated heterocycles. The molecule has 126 valence electrons. The van der Waals surface area contributed by atoms with Gasteiger partial charge in [-0.15, -0.1) is 0 Å². The number of fused-ring (bicyclic) bond motifs is 1. The summed E-state index contributed by atoms with van der Waals surface area (Å²) in [6.07, 6.45) is -1.52. The van der Waals surface area contributed by atoms with E-state index in [1.165, 1.54) is 22.0 Å². The first-order valence-corrected chi connectivity index (χ1v) is 6.87.